The zero-order valence-corrected chi connectivity index (χ0v) is 12.5. The molecule has 1 saturated heterocycles. The highest BCUT2D eigenvalue weighted by atomic mass is 16.2. The lowest BCUT2D eigenvalue weighted by Gasteiger charge is -2.12. The maximum absolute atomic E-state index is 11.9. The summed E-state index contributed by atoms with van der Waals surface area (Å²) in [6.07, 6.45) is 0.979. The molecule has 0 radical (unpaired) electrons. The van der Waals surface area contributed by atoms with Gasteiger partial charge in [-0.25, -0.2) is 0 Å². The van der Waals surface area contributed by atoms with Crippen LogP contribution in [0.5, 0.6) is 0 Å². The van der Waals surface area contributed by atoms with Gasteiger partial charge in [-0.15, -0.1) is 0 Å². The van der Waals surface area contributed by atoms with Gasteiger partial charge in [0, 0.05) is 44.9 Å². The van der Waals surface area contributed by atoms with Gasteiger partial charge in [-0.1, -0.05) is 6.07 Å². The molecule has 6 heteroatoms. The second kappa shape index (κ2) is 6.56. The number of rotatable bonds is 5. The molecule has 1 aliphatic heterocycles. The number of carbonyl (C=O) groups is 2. The van der Waals surface area contributed by atoms with Crippen LogP contribution in [0.25, 0.3) is 0 Å². The Morgan fingerprint density at radius 1 is 1.38 bits per heavy atom. The van der Waals surface area contributed by atoms with Crippen molar-refractivity contribution in [1.82, 2.24) is 14.8 Å². The SMILES string of the molecule is Cc1cccc(=O)n1CCCNC(=O)[C@@H]1CC(=O)N(C)C1. The lowest BCUT2D eigenvalue weighted by molar-refractivity contribution is -0.128. The molecule has 0 unspecified atom stereocenters. The summed E-state index contributed by atoms with van der Waals surface area (Å²) in [7, 11) is 1.71. The molecule has 0 aliphatic carbocycles. The number of hydrogen-bond donors (Lipinski definition) is 1. The van der Waals surface area contributed by atoms with Crippen LogP contribution >= 0.6 is 0 Å². The average molecular weight is 291 g/mol. The second-order valence-electron chi connectivity index (χ2n) is 5.48. The second-order valence-corrected chi connectivity index (χ2v) is 5.48. The molecule has 1 fully saturated rings. The van der Waals surface area contributed by atoms with Crippen molar-refractivity contribution in [2.24, 2.45) is 5.92 Å². The van der Waals surface area contributed by atoms with Crippen LogP contribution < -0.4 is 10.9 Å². The molecule has 0 aromatic carbocycles. The van der Waals surface area contributed by atoms with Crippen molar-refractivity contribution >= 4 is 11.8 Å². The molecule has 1 N–H and O–H groups in total. The van der Waals surface area contributed by atoms with Gasteiger partial charge >= 0.3 is 0 Å². The van der Waals surface area contributed by atoms with Crippen LogP contribution in [0.3, 0.4) is 0 Å². The van der Waals surface area contributed by atoms with Gasteiger partial charge in [0.15, 0.2) is 0 Å². The van der Waals surface area contributed by atoms with Crippen LogP contribution in [0.4, 0.5) is 0 Å². The summed E-state index contributed by atoms with van der Waals surface area (Å²) >= 11 is 0. The first-order chi connectivity index (χ1) is 9.99. The van der Waals surface area contributed by atoms with Crippen LogP contribution in [0.1, 0.15) is 18.5 Å². The summed E-state index contributed by atoms with van der Waals surface area (Å²) in [5.74, 6) is -0.310. The highest BCUT2D eigenvalue weighted by Gasteiger charge is 2.31. The third-order valence-corrected chi connectivity index (χ3v) is 3.84. The Morgan fingerprint density at radius 2 is 2.14 bits per heavy atom. The lowest BCUT2D eigenvalue weighted by Crippen LogP contribution is -2.33. The number of likely N-dealkylation sites (tertiary alicyclic amines) is 1. The Balaban J connectivity index is 1.76. The first-order valence-corrected chi connectivity index (χ1v) is 7.17. The normalized spacial score (nSPS) is 18.1. The molecule has 21 heavy (non-hydrogen) atoms. The van der Waals surface area contributed by atoms with E-state index in [0.717, 1.165) is 5.69 Å². The Hall–Kier alpha value is -2.11. The van der Waals surface area contributed by atoms with Gasteiger partial charge in [0.1, 0.15) is 0 Å². The fourth-order valence-corrected chi connectivity index (χ4v) is 2.54. The monoisotopic (exact) mass is 291 g/mol. The fourth-order valence-electron chi connectivity index (χ4n) is 2.54. The van der Waals surface area contributed by atoms with Crippen molar-refractivity contribution in [1.29, 1.82) is 0 Å². The zero-order valence-electron chi connectivity index (χ0n) is 12.5. The van der Waals surface area contributed by atoms with Crippen molar-refractivity contribution in [3.8, 4) is 0 Å². The number of aryl methyl sites for hydroxylation is 1. The Kier molecular flexibility index (Phi) is 4.77. The molecule has 0 bridgehead atoms. The molecule has 6 nitrogen and oxygen atoms in total. The maximum atomic E-state index is 11.9. The van der Waals surface area contributed by atoms with Gasteiger partial charge in [-0.05, 0) is 19.4 Å². The van der Waals surface area contributed by atoms with Crippen molar-refractivity contribution in [2.45, 2.75) is 26.3 Å². The molecule has 2 rings (SSSR count). The number of hydrogen-bond acceptors (Lipinski definition) is 3. The molecule has 0 spiro atoms. The summed E-state index contributed by atoms with van der Waals surface area (Å²) in [5.41, 5.74) is 0.890. The van der Waals surface area contributed by atoms with Gasteiger partial charge in [-0.2, -0.15) is 0 Å². The van der Waals surface area contributed by atoms with E-state index in [-0.39, 0.29) is 23.3 Å². The van der Waals surface area contributed by atoms with Crippen LogP contribution in [-0.4, -0.2) is 41.4 Å². The number of amides is 2. The first kappa shape index (κ1) is 15.3. The van der Waals surface area contributed by atoms with Crippen molar-refractivity contribution in [3.05, 3.63) is 34.2 Å². The van der Waals surface area contributed by atoms with Gasteiger partial charge < -0.3 is 14.8 Å². The van der Waals surface area contributed by atoms with Crippen molar-refractivity contribution in [2.75, 3.05) is 20.1 Å². The molecule has 2 amide bonds. The lowest BCUT2D eigenvalue weighted by atomic mass is 10.1. The number of aromatic nitrogens is 1. The number of pyridine rings is 1. The minimum atomic E-state index is -0.247. The molecular weight excluding hydrogens is 270 g/mol. The van der Waals surface area contributed by atoms with Crippen molar-refractivity contribution in [3.63, 3.8) is 0 Å². The van der Waals surface area contributed by atoms with E-state index in [2.05, 4.69) is 5.32 Å². The highest BCUT2D eigenvalue weighted by Crippen LogP contribution is 2.15. The smallest absolute Gasteiger partial charge is 0.250 e. The van der Waals surface area contributed by atoms with Gasteiger partial charge in [0.05, 0.1) is 5.92 Å². The van der Waals surface area contributed by atoms with E-state index in [4.69, 9.17) is 0 Å². The van der Waals surface area contributed by atoms with Crippen LogP contribution in [0.2, 0.25) is 0 Å². The summed E-state index contributed by atoms with van der Waals surface area (Å²) in [6, 6.07) is 5.16. The topological polar surface area (TPSA) is 71.4 Å². The molecule has 114 valence electrons. The standard InChI is InChI=1S/C15H21N3O3/c1-11-5-3-6-13(19)18(11)8-4-7-16-15(21)12-9-14(20)17(2)10-12/h3,5-6,12H,4,7-10H2,1-2H3,(H,16,21)/t12-/m1/s1. The molecule has 1 aromatic heterocycles. The third-order valence-electron chi connectivity index (χ3n) is 3.84. The summed E-state index contributed by atoms with van der Waals surface area (Å²) < 4.78 is 1.69. The van der Waals surface area contributed by atoms with Crippen LogP contribution in [-0.2, 0) is 16.1 Å². The number of nitrogens with zero attached hydrogens (tertiary/aromatic N) is 2. The highest BCUT2D eigenvalue weighted by molar-refractivity contribution is 5.89. The van der Waals surface area contributed by atoms with E-state index in [1.54, 1.807) is 22.6 Å². The Morgan fingerprint density at radius 3 is 2.76 bits per heavy atom. The Labute approximate surface area is 123 Å². The summed E-state index contributed by atoms with van der Waals surface area (Å²) in [6.45, 7) is 3.46. The predicted molar refractivity (Wildman–Crippen MR) is 78.8 cm³/mol. The quantitative estimate of drug-likeness (QED) is 0.785. The van der Waals surface area contributed by atoms with E-state index >= 15 is 0 Å². The largest absolute Gasteiger partial charge is 0.356 e. The van der Waals surface area contributed by atoms with E-state index in [1.807, 2.05) is 13.0 Å². The first-order valence-electron chi connectivity index (χ1n) is 7.17. The van der Waals surface area contributed by atoms with E-state index < -0.39 is 0 Å². The van der Waals surface area contributed by atoms with Crippen LogP contribution in [0, 0.1) is 12.8 Å². The van der Waals surface area contributed by atoms with E-state index in [9.17, 15) is 14.4 Å². The molecule has 1 atom stereocenters. The average Bonchev–Trinajstić information content (AvgIpc) is 2.77. The van der Waals surface area contributed by atoms with E-state index in [1.165, 1.54) is 6.07 Å². The van der Waals surface area contributed by atoms with Gasteiger partial charge in [-0.3, -0.25) is 14.4 Å². The van der Waals surface area contributed by atoms with Gasteiger partial charge in [0.25, 0.3) is 5.56 Å². The molecule has 1 aromatic rings. The zero-order chi connectivity index (χ0) is 15.4. The summed E-state index contributed by atoms with van der Waals surface area (Å²) in [5, 5.41) is 2.84. The van der Waals surface area contributed by atoms with Crippen LogP contribution in [0.15, 0.2) is 23.0 Å². The Bertz CT molecular complexity index is 594. The molecule has 0 saturated carbocycles. The van der Waals surface area contributed by atoms with Crippen molar-refractivity contribution < 1.29 is 9.59 Å². The number of carbonyl (C=O) groups excluding carboxylic acids is 2. The number of nitrogens with one attached hydrogen (secondary N) is 1. The minimum Gasteiger partial charge on any atom is -0.356 e. The molecule has 1 aliphatic rings. The molecule has 2 heterocycles. The molecular formula is C15H21N3O3. The maximum Gasteiger partial charge on any atom is 0.250 e. The van der Waals surface area contributed by atoms with E-state index in [0.29, 0.717) is 32.5 Å². The summed E-state index contributed by atoms with van der Waals surface area (Å²) in [4.78, 5) is 36.6. The fraction of sp³-hybridized carbons (Fsp3) is 0.533. The minimum absolute atomic E-state index is 0.0154. The van der Waals surface area contributed by atoms with Gasteiger partial charge in [0.2, 0.25) is 11.8 Å². The predicted octanol–water partition coefficient (Wildman–Crippen LogP) is 0.141. The third kappa shape index (κ3) is 3.71.